The van der Waals surface area contributed by atoms with Gasteiger partial charge in [-0.15, -0.1) is 0 Å². The van der Waals surface area contributed by atoms with Crippen LogP contribution in [-0.4, -0.2) is 80.7 Å². The van der Waals surface area contributed by atoms with Gasteiger partial charge in [-0.05, 0) is 64.9 Å². The smallest absolute Gasteiger partial charge is 0.263 e. The van der Waals surface area contributed by atoms with E-state index in [1.807, 2.05) is 29.9 Å². The minimum absolute atomic E-state index is 0.154. The first-order valence-electron chi connectivity index (χ1n) is 15.4. The van der Waals surface area contributed by atoms with Gasteiger partial charge in [-0.2, -0.15) is 5.10 Å². The number of aliphatic hydroxyl groups is 1. The maximum absolute atomic E-state index is 11.8. The van der Waals surface area contributed by atoms with Crippen LogP contribution in [0.2, 0.25) is 0 Å². The second-order valence-corrected chi connectivity index (χ2v) is 11.8. The Labute approximate surface area is 249 Å². The largest absolute Gasteiger partial charge is 0.433 e. The standard InChI is InChI=1S/C31H46N8O3/c1-5-7-8-11-31(40,6-2)27-16-23(17-28(36-27)38-14-15-41-21-22(38)3)26-19-33-29(32)30(35-26)42-25-18-34-39(20-25)24-9-12-37(4)13-10-24/h16-20,22,24,40H,5-15,21H2,1-4H3,(H2,32,33)/t22?,31-/m1/s1. The molecule has 0 aliphatic carbocycles. The molecule has 0 aromatic carbocycles. The number of morpholine rings is 1. The molecule has 1 unspecified atom stereocenters. The van der Waals surface area contributed by atoms with Gasteiger partial charge in [-0.25, -0.2) is 15.0 Å². The van der Waals surface area contributed by atoms with Crippen molar-refractivity contribution in [3.63, 3.8) is 0 Å². The molecule has 0 spiro atoms. The molecule has 0 saturated carbocycles. The van der Waals surface area contributed by atoms with Crippen LogP contribution < -0.4 is 15.4 Å². The fourth-order valence-corrected chi connectivity index (χ4v) is 5.81. The Morgan fingerprint density at radius 3 is 2.67 bits per heavy atom. The fourth-order valence-electron chi connectivity index (χ4n) is 5.81. The van der Waals surface area contributed by atoms with Crippen LogP contribution in [0.25, 0.3) is 11.3 Å². The maximum Gasteiger partial charge on any atom is 0.263 e. The summed E-state index contributed by atoms with van der Waals surface area (Å²) in [5, 5.41) is 16.4. The number of nitrogen functional groups attached to an aromatic ring is 1. The number of unbranched alkanes of at least 4 members (excludes halogenated alkanes) is 2. The van der Waals surface area contributed by atoms with Crippen LogP contribution in [0.1, 0.15) is 77.5 Å². The Kier molecular flexibility index (Phi) is 9.60. The second-order valence-electron chi connectivity index (χ2n) is 11.8. The van der Waals surface area contributed by atoms with Gasteiger partial charge in [0.2, 0.25) is 0 Å². The summed E-state index contributed by atoms with van der Waals surface area (Å²) in [5.74, 6) is 1.79. The molecule has 42 heavy (non-hydrogen) atoms. The Balaban J connectivity index is 1.46. The molecule has 2 fully saturated rings. The molecule has 0 amide bonds. The average Bonchev–Trinajstić information content (AvgIpc) is 3.47. The third-order valence-electron chi connectivity index (χ3n) is 8.65. The number of likely N-dealkylation sites (tertiary alicyclic amines) is 1. The third kappa shape index (κ3) is 6.85. The Morgan fingerprint density at radius 2 is 1.93 bits per heavy atom. The van der Waals surface area contributed by atoms with Gasteiger partial charge in [0.15, 0.2) is 11.6 Å². The molecule has 3 aromatic heterocycles. The normalized spacial score (nSPS) is 20.0. The van der Waals surface area contributed by atoms with E-state index in [1.54, 1.807) is 12.4 Å². The summed E-state index contributed by atoms with van der Waals surface area (Å²) in [4.78, 5) is 18.8. The van der Waals surface area contributed by atoms with E-state index in [2.05, 4.69) is 40.8 Å². The molecule has 2 aliphatic rings. The molecule has 2 atom stereocenters. The number of anilines is 2. The topological polar surface area (TPSA) is 128 Å². The van der Waals surface area contributed by atoms with Crippen molar-refractivity contribution in [3.8, 4) is 22.9 Å². The third-order valence-corrected chi connectivity index (χ3v) is 8.65. The van der Waals surface area contributed by atoms with E-state index in [9.17, 15) is 5.11 Å². The quantitative estimate of drug-likeness (QED) is 0.307. The van der Waals surface area contributed by atoms with Gasteiger partial charge in [0.25, 0.3) is 5.88 Å². The number of aromatic nitrogens is 5. The van der Waals surface area contributed by atoms with E-state index in [-0.39, 0.29) is 17.7 Å². The minimum atomic E-state index is -1.04. The zero-order valence-corrected chi connectivity index (χ0v) is 25.5. The Morgan fingerprint density at radius 1 is 1.12 bits per heavy atom. The summed E-state index contributed by atoms with van der Waals surface area (Å²) >= 11 is 0. The molecule has 2 saturated heterocycles. The van der Waals surface area contributed by atoms with Crippen molar-refractivity contribution in [1.82, 2.24) is 29.6 Å². The van der Waals surface area contributed by atoms with Gasteiger partial charge in [0.05, 0.1) is 55.3 Å². The van der Waals surface area contributed by atoms with E-state index in [0.717, 1.165) is 63.1 Å². The molecule has 0 radical (unpaired) electrons. The summed E-state index contributed by atoms with van der Waals surface area (Å²) in [7, 11) is 2.15. The lowest BCUT2D eigenvalue weighted by molar-refractivity contribution is 0.0165. The number of hydrogen-bond donors (Lipinski definition) is 2. The molecule has 3 aromatic rings. The molecular weight excluding hydrogens is 532 g/mol. The average molecular weight is 579 g/mol. The van der Waals surface area contributed by atoms with E-state index in [1.165, 1.54) is 0 Å². The second kappa shape index (κ2) is 13.4. The zero-order chi connectivity index (χ0) is 29.7. The molecule has 0 bridgehead atoms. The van der Waals surface area contributed by atoms with Crippen molar-refractivity contribution < 1.29 is 14.6 Å². The molecule has 11 nitrogen and oxygen atoms in total. The summed E-state index contributed by atoms with van der Waals surface area (Å²) < 4.78 is 13.8. The highest BCUT2D eigenvalue weighted by atomic mass is 16.5. The van der Waals surface area contributed by atoms with Crippen molar-refractivity contribution in [1.29, 1.82) is 0 Å². The summed E-state index contributed by atoms with van der Waals surface area (Å²) in [6, 6.07) is 4.45. The molecule has 2 aliphatic heterocycles. The van der Waals surface area contributed by atoms with Crippen molar-refractivity contribution in [2.75, 3.05) is 50.5 Å². The van der Waals surface area contributed by atoms with E-state index < -0.39 is 5.60 Å². The highest BCUT2D eigenvalue weighted by Crippen LogP contribution is 2.36. The molecule has 11 heteroatoms. The van der Waals surface area contributed by atoms with Crippen LogP contribution in [-0.2, 0) is 10.3 Å². The van der Waals surface area contributed by atoms with Crippen LogP contribution in [0.15, 0.2) is 30.7 Å². The van der Waals surface area contributed by atoms with Gasteiger partial charge >= 0.3 is 0 Å². The van der Waals surface area contributed by atoms with Crippen LogP contribution in [0.3, 0.4) is 0 Å². The number of piperidine rings is 1. The predicted octanol–water partition coefficient (Wildman–Crippen LogP) is 4.78. The molecule has 5 rings (SSSR count). The molecule has 3 N–H and O–H groups in total. The first kappa shape index (κ1) is 30.2. The van der Waals surface area contributed by atoms with Crippen molar-refractivity contribution in [2.45, 2.75) is 83.4 Å². The van der Waals surface area contributed by atoms with Crippen LogP contribution in [0.5, 0.6) is 11.6 Å². The lowest BCUT2D eigenvalue weighted by atomic mass is 9.88. The first-order valence-corrected chi connectivity index (χ1v) is 15.4. The summed E-state index contributed by atoms with van der Waals surface area (Å²) in [6.45, 7) is 10.4. The predicted molar refractivity (Wildman–Crippen MR) is 164 cm³/mol. The zero-order valence-electron chi connectivity index (χ0n) is 25.5. The number of hydrogen-bond acceptors (Lipinski definition) is 10. The lowest BCUT2D eigenvalue weighted by Gasteiger charge is -2.36. The van der Waals surface area contributed by atoms with Crippen LogP contribution in [0, 0.1) is 0 Å². The molecule has 228 valence electrons. The number of pyridine rings is 1. The van der Waals surface area contributed by atoms with E-state index >= 15 is 0 Å². The molecular formula is C31H46N8O3. The lowest BCUT2D eigenvalue weighted by Crippen LogP contribution is -2.44. The maximum atomic E-state index is 11.8. The van der Waals surface area contributed by atoms with Gasteiger partial charge in [-0.3, -0.25) is 4.68 Å². The Hall–Kier alpha value is -3.28. The van der Waals surface area contributed by atoms with E-state index in [0.29, 0.717) is 49.2 Å². The van der Waals surface area contributed by atoms with Gasteiger partial charge in [0.1, 0.15) is 11.4 Å². The number of nitrogens with two attached hydrogens (primary N) is 1. The van der Waals surface area contributed by atoms with E-state index in [4.69, 9.17) is 25.2 Å². The first-order chi connectivity index (χ1) is 20.3. The van der Waals surface area contributed by atoms with Crippen molar-refractivity contribution in [2.24, 2.45) is 0 Å². The minimum Gasteiger partial charge on any atom is -0.433 e. The van der Waals surface area contributed by atoms with Gasteiger partial charge < -0.3 is 30.1 Å². The summed E-state index contributed by atoms with van der Waals surface area (Å²) in [5.41, 5.74) is 7.23. The molecule has 5 heterocycles. The number of ether oxygens (including phenoxy) is 2. The highest BCUT2D eigenvalue weighted by molar-refractivity contribution is 5.66. The van der Waals surface area contributed by atoms with Gasteiger partial charge in [-0.1, -0.05) is 33.1 Å². The fraction of sp³-hybridized carbons (Fsp3) is 0.613. The van der Waals surface area contributed by atoms with Gasteiger partial charge in [0, 0.05) is 12.1 Å². The van der Waals surface area contributed by atoms with Crippen molar-refractivity contribution >= 4 is 11.6 Å². The number of rotatable bonds is 11. The monoisotopic (exact) mass is 578 g/mol. The van der Waals surface area contributed by atoms with Crippen molar-refractivity contribution in [3.05, 3.63) is 36.4 Å². The van der Waals surface area contributed by atoms with Crippen LogP contribution >= 0.6 is 0 Å². The highest BCUT2D eigenvalue weighted by Gasteiger charge is 2.31. The SMILES string of the molecule is CCCCC[C@](O)(CC)c1cc(-c2cnc(N)c(Oc3cnn(C4CCN(C)CC4)c3)n2)cc(N2CCOCC2C)n1. The Bertz CT molecular complexity index is 1330. The summed E-state index contributed by atoms with van der Waals surface area (Å²) in [6.07, 6.45) is 11.6. The van der Waals surface area contributed by atoms with Crippen LogP contribution in [0.4, 0.5) is 11.6 Å². The number of nitrogens with zero attached hydrogens (tertiary/aromatic N) is 7.